The van der Waals surface area contributed by atoms with Crippen LogP contribution < -0.4 is 4.90 Å². The van der Waals surface area contributed by atoms with Gasteiger partial charge in [-0.05, 0) is 29.6 Å². The molecule has 2 fully saturated rings. The molecule has 150 valence electrons. The Morgan fingerprint density at radius 2 is 2.00 bits per heavy atom. The van der Waals surface area contributed by atoms with Gasteiger partial charge in [0, 0.05) is 37.5 Å². The topological polar surface area (TPSA) is 71.7 Å². The Morgan fingerprint density at radius 1 is 1.18 bits per heavy atom. The second kappa shape index (κ2) is 8.31. The van der Waals surface area contributed by atoms with E-state index in [1.54, 1.807) is 0 Å². The summed E-state index contributed by atoms with van der Waals surface area (Å²) in [6, 6.07) is 9.79. The number of rotatable bonds is 5. The van der Waals surface area contributed by atoms with Gasteiger partial charge in [0.15, 0.2) is 0 Å². The molecule has 4 rings (SSSR count). The lowest BCUT2D eigenvalue weighted by Gasteiger charge is -2.30. The van der Waals surface area contributed by atoms with Crippen molar-refractivity contribution in [2.24, 2.45) is 11.8 Å². The average molecular weight is 384 g/mol. The summed E-state index contributed by atoms with van der Waals surface area (Å²) < 4.78 is 11.3. The lowest BCUT2D eigenvalue weighted by atomic mass is 10.1. The summed E-state index contributed by atoms with van der Waals surface area (Å²) in [5.41, 5.74) is 0.907. The highest BCUT2D eigenvalue weighted by Crippen LogP contribution is 2.26. The molecule has 2 bridgehead atoms. The molecule has 0 spiro atoms. The number of carbonyl (C=O) groups is 1. The molecule has 1 amide bonds. The molecule has 28 heavy (non-hydrogen) atoms. The van der Waals surface area contributed by atoms with E-state index in [2.05, 4.69) is 28.9 Å². The van der Waals surface area contributed by atoms with E-state index in [-0.39, 0.29) is 17.9 Å². The van der Waals surface area contributed by atoms with Gasteiger partial charge in [0.1, 0.15) is 0 Å². The highest BCUT2D eigenvalue weighted by molar-refractivity contribution is 5.76. The molecule has 1 aromatic carbocycles. The highest BCUT2D eigenvalue weighted by Gasteiger charge is 2.36. The molecule has 7 heteroatoms. The van der Waals surface area contributed by atoms with E-state index in [0.29, 0.717) is 43.9 Å². The Kier molecular flexibility index (Phi) is 5.62. The molecule has 1 aromatic heterocycles. The third-order valence-electron chi connectivity index (χ3n) is 5.44. The summed E-state index contributed by atoms with van der Waals surface area (Å²) in [6.45, 7) is 7.69. The van der Waals surface area contributed by atoms with E-state index in [0.717, 1.165) is 25.1 Å². The molecule has 3 heterocycles. The minimum Gasteiger partial charge on any atom is -0.379 e. The van der Waals surface area contributed by atoms with Crippen LogP contribution in [0, 0.1) is 11.8 Å². The molecule has 2 aromatic rings. The number of ether oxygens (including phenoxy) is 1. The van der Waals surface area contributed by atoms with Crippen LogP contribution in [0.2, 0.25) is 0 Å². The van der Waals surface area contributed by atoms with Gasteiger partial charge in [-0.1, -0.05) is 32.0 Å². The fraction of sp³-hybridized carbons (Fsp3) is 0.571. The van der Waals surface area contributed by atoms with E-state index in [1.807, 2.05) is 35.2 Å². The van der Waals surface area contributed by atoms with Crippen molar-refractivity contribution in [2.75, 3.05) is 37.7 Å². The predicted molar refractivity (Wildman–Crippen MR) is 106 cm³/mol. The third-order valence-corrected chi connectivity index (χ3v) is 5.44. The van der Waals surface area contributed by atoms with E-state index in [1.165, 1.54) is 0 Å². The van der Waals surface area contributed by atoms with E-state index >= 15 is 0 Å². The number of hydrogen-bond donors (Lipinski definition) is 0. The maximum Gasteiger partial charge on any atom is 0.266 e. The number of hydrogen-bond acceptors (Lipinski definition) is 6. The van der Waals surface area contributed by atoms with Gasteiger partial charge in [-0.15, -0.1) is 0 Å². The first-order valence-electron chi connectivity index (χ1n) is 10.1. The minimum atomic E-state index is 0.0193. The monoisotopic (exact) mass is 384 g/mol. The van der Waals surface area contributed by atoms with Gasteiger partial charge in [-0.3, -0.25) is 4.79 Å². The third kappa shape index (κ3) is 4.19. The molecular weight excluding hydrogens is 356 g/mol. The highest BCUT2D eigenvalue weighted by atomic mass is 16.5. The Hall–Kier alpha value is -2.41. The summed E-state index contributed by atoms with van der Waals surface area (Å²) in [5, 5.41) is 4.21. The van der Waals surface area contributed by atoms with Gasteiger partial charge in [0.2, 0.25) is 5.91 Å². The van der Waals surface area contributed by atoms with Gasteiger partial charge >= 0.3 is 0 Å². The van der Waals surface area contributed by atoms with Gasteiger partial charge in [-0.2, -0.15) is 4.98 Å². The van der Waals surface area contributed by atoms with Crippen molar-refractivity contribution in [3.8, 4) is 11.5 Å². The van der Waals surface area contributed by atoms with E-state index in [4.69, 9.17) is 9.26 Å². The van der Waals surface area contributed by atoms with Crippen molar-refractivity contribution in [1.82, 2.24) is 15.0 Å². The summed E-state index contributed by atoms with van der Waals surface area (Å²) in [5.74, 6) is 2.11. The predicted octanol–water partition coefficient (Wildman–Crippen LogP) is 2.84. The van der Waals surface area contributed by atoms with E-state index in [9.17, 15) is 4.79 Å². The van der Waals surface area contributed by atoms with Crippen LogP contribution in [-0.2, 0) is 9.53 Å². The molecule has 0 unspecified atom stereocenters. The Bertz CT molecular complexity index is 792. The molecule has 0 saturated carbocycles. The number of benzene rings is 1. The number of anilines is 1. The van der Waals surface area contributed by atoms with Gasteiger partial charge in [-0.25, -0.2) is 0 Å². The average Bonchev–Trinajstić information content (AvgIpc) is 2.99. The van der Waals surface area contributed by atoms with Crippen LogP contribution >= 0.6 is 0 Å². The summed E-state index contributed by atoms with van der Waals surface area (Å²) >= 11 is 0. The summed E-state index contributed by atoms with van der Waals surface area (Å²) in [4.78, 5) is 21.6. The molecule has 2 saturated heterocycles. The molecule has 0 aliphatic carbocycles. The fourth-order valence-electron chi connectivity index (χ4n) is 3.91. The second-order valence-electron chi connectivity index (χ2n) is 8.21. The quantitative estimate of drug-likeness (QED) is 0.789. The van der Waals surface area contributed by atoms with Gasteiger partial charge in [0.25, 0.3) is 11.8 Å². The van der Waals surface area contributed by atoms with Crippen LogP contribution in [0.15, 0.2) is 34.9 Å². The van der Waals surface area contributed by atoms with Crippen molar-refractivity contribution >= 4 is 11.9 Å². The lowest BCUT2D eigenvalue weighted by Crippen LogP contribution is -2.46. The first-order chi connectivity index (χ1) is 13.6. The number of aromatic nitrogens is 2. The van der Waals surface area contributed by atoms with Crippen molar-refractivity contribution in [3.05, 3.63) is 30.3 Å². The van der Waals surface area contributed by atoms with Crippen LogP contribution in [0.5, 0.6) is 0 Å². The summed E-state index contributed by atoms with van der Waals surface area (Å²) in [7, 11) is 0. The van der Waals surface area contributed by atoms with Crippen LogP contribution in [0.4, 0.5) is 5.95 Å². The normalized spacial score (nSPS) is 22.4. The molecule has 2 atom stereocenters. The smallest absolute Gasteiger partial charge is 0.266 e. The largest absolute Gasteiger partial charge is 0.379 e. The number of amides is 1. The maximum atomic E-state index is 12.8. The van der Waals surface area contributed by atoms with Gasteiger partial charge in [0.05, 0.1) is 19.3 Å². The van der Waals surface area contributed by atoms with Crippen molar-refractivity contribution in [2.45, 2.75) is 32.7 Å². The van der Waals surface area contributed by atoms with Crippen LogP contribution in [0.1, 0.15) is 26.7 Å². The molecular formula is C21H28N4O3. The lowest BCUT2D eigenvalue weighted by molar-refractivity contribution is -0.133. The zero-order valence-electron chi connectivity index (χ0n) is 16.6. The first kappa shape index (κ1) is 18.9. The van der Waals surface area contributed by atoms with Crippen molar-refractivity contribution in [1.29, 1.82) is 0 Å². The minimum absolute atomic E-state index is 0.0193. The fourth-order valence-corrected chi connectivity index (χ4v) is 3.91. The van der Waals surface area contributed by atoms with Crippen LogP contribution in [-0.4, -0.2) is 59.8 Å². The molecule has 0 N–H and O–H groups in total. The maximum absolute atomic E-state index is 12.8. The SMILES string of the molecule is CC(C)CCC(=O)N1C[C@H]2COC[C@@H]1CN(c1noc(-c3ccccc3)n1)C2. The Morgan fingerprint density at radius 3 is 2.79 bits per heavy atom. The number of fused-ring (bicyclic) bond motifs is 3. The van der Waals surface area contributed by atoms with Crippen molar-refractivity contribution < 1.29 is 14.1 Å². The van der Waals surface area contributed by atoms with Crippen LogP contribution in [0.3, 0.4) is 0 Å². The number of carbonyl (C=O) groups excluding carboxylic acids is 1. The molecule has 2 aliphatic heterocycles. The standard InChI is InChI=1S/C21H28N4O3/c1-15(2)8-9-19(26)25-11-16-10-24(12-18(25)14-27-13-16)21-22-20(28-23-21)17-6-4-3-5-7-17/h3-7,15-16,18H,8-14H2,1-2H3/t16-,18-/m0/s1. The van der Waals surface area contributed by atoms with Gasteiger partial charge < -0.3 is 19.1 Å². The first-order valence-corrected chi connectivity index (χ1v) is 10.1. The number of nitrogens with zero attached hydrogens (tertiary/aromatic N) is 4. The molecule has 2 aliphatic rings. The Balaban J connectivity index is 1.50. The Labute approximate surface area is 165 Å². The van der Waals surface area contributed by atoms with Crippen LogP contribution in [0.25, 0.3) is 11.5 Å². The van der Waals surface area contributed by atoms with E-state index < -0.39 is 0 Å². The molecule has 0 radical (unpaired) electrons. The second-order valence-corrected chi connectivity index (χ2v) is 8.21. The summed E-state index contributed by atoms with van der Waals surface area (Å²) in [6.07, 6.45) is 1.52. The molecule has 7 nitrogen and oxygen atoms in total. The zero-order chi connectivity index (χ0) is 19.5. The van der Waals surface area contributed by atoms with Crippen molar-refractivity contribution in [3.63, 3.8) is 0 Å². The zero-order valence-corrected chi connectivity index (χ0v) is 16.6.